The monoisotopic (exact) mass is 573 g/mol. The molecule has 3 atom stereocenters. The van der Waals surface area contributed by atoms with Gasteiger partial charge in [-0.1, -0.05) is 56.0 Å². The summed E-state index contributed by atoms with van der Waals surface area (Å²) in [5, 5.41) is 2.60. The van der Waals surface area contributed by atoms with Crippen molar-refractivity contribution in [2.24, 2.45) is 17.8 Å². The molecule has 1 saturated heterocycles. The predicted molar refractivity (Wildman–Crippen MR) is 150 cm³/mol. The number of anilines is 2. The van der Waals surface area contributed by atoms with Crippen LogP contribution in [0.5, 0.6) is 0 Å². The van der Waals surface area contributed by atoms with Gasteiger partial charge in [0.1, 0.15) is 6.61 Å². The van der Waals surface area contributed by atoms with Crippen LogP contribution in [0.15, 0.2) is 30.3 Å². The lowest BCUT2D eigenvalue weighted by Crippen LogP contribution is -2.42. The fourth-order valence-corrected chi connectivity index (χ4v) is 6.31. The van der Waals surface area contributed by atoms with Gasteiger partial charge in [0.05, 0.1) is 5.92 Å². The Kier molecular flexibility index (Phi) is 8.60. The SMILES string of the molecule is CN(C)C12CC1CN(c1nc(Cl)nc(NNC(=O)[C@@H](CNC(=O)OCc3ccccc3)CC3CCCC3)c1F)C2. The third-order valence-electron chi connectivity index (χ3n) is 8.57. The van der Waals surface area contributed by atoms with Gasteiger partial charge in [-0.2, -0.15) is 14.4 Å². The van der Waals surface area contributed by atoms with Gasteiger partial charge in [0.2, 0.25) is 17.0 Å². The van der Waals surface area contributed by atoms with Crippen molar-refractivity contribution < 1.29 is 18.7 Å². The zero-order chi connectivity index (χ0) is 28.3. The highest BCUT2D eigenvalue weighted by Gasteiger charge is 2.62. The van der Waals surface area contributed by atoms with E-state index >= 15 is 4.39 Å². The van der Waals surface area contributed by atoms with E-state index in [4.69, 9.17) is 16.3 Å². The van der Waals surface area contributed by atoms with Crippen LogP contribution in [0.1, 0.15) is 44.1 Å². The van der Waals surface area contributed by atoms with Crippen molar-refractivity contribution in [3.63, 3.8) is 0 Å². The van der Waals surface area contributed by atoms with Crippen molar-refractivity contribution in [2.45, 2.75) is 50.7 Å². The number of aromatic nitrogens is 2. The Morgan fingerprint density at radius 3 is 2.67 bits per heavy atom. The lowest BCUT2D eigenvalue weighted by molar-refractivity contribution is -0.124. The minimum absolute atomic E-state index is 0.0361. The molecule has 2 saturated carbocycles. The van der Waals surface area contributed by atoms with E-state index in [1.165, 1.54) is 0 Å². The van der Waals surface area contributed by atoms with Gasteiger partial charge in [-0.3, -0.25) is 15.6 Å². The van der Waals surface area contributed by atoms with E-state index in [1.54, 1.807) is 0 Å². The molecule has 1 aromatic heterocycles. The summed E-state index contributed by atoms with van der Waals surface area (Å²) in [6.45, 7) is 1.56. The fraction of sp³-hybridized carbons (Fsp3) is 0.571. The van der Waals surface area contributed by atoms with Crippen molar-refractivity contribution in [1.82, 2.24) is 25.6 Å². The van der Waals surface area contributed by atoms with E-state index in [0.29, 0.717) is 31.3 Å². The van der Waals surface area contributed by atoms with E-state index < -0.39 is 17.8 Å². The van der Waals surface area contributed by atoms with Crippen molar-refractivity contribution in [3.05, 3.63) is 47.0 Å². The lowest BCUT2D eigenvalue weighted by Gasteiger charge is -2.26. The zero-order valence-electron chi connectivity index (χ0n) is 23.0. The Balaban J connectivity index is 1.19. The number of fused-ring (bicyclic) bond motifs is 1. The molecular weight excluding hydrogens is 537 g/mol. The maximum Gasteiger partial charge on any atom is 0.407 e. The first-order chi connectivity index (χ1) is 19.2. The smallest absolute Gasteiger partial charge is 0.407 e. The van der Waals surface area contributed by atoms with Crippen LogP contribution in [-0.2, 0) is 16.1 Å². The number of carbonyl (C=O) groups is 2. The van der Waals surface area contributed by atoms with Crippen molar-refractivity contribution in [3.8, 4) is 0 Å². The van der Waals surface area contributed by atoms with Gasteiger partial charge in [-0.15, -0.1) is 0 Å². The Morgan fingerprint density at radius 2 is 1.98 bits per heavy atom. The number of alkyl carbamates (subject to hydrolysis) is 1. The molecule has 0 radical (unpaired) electrons. The Morgan fingerprint density at radius 1 is 1.23 bits per heavy atom. The number of nitrogens with one attached hydrogen (secondary N) is 3. The molecule has 0 spiro atoms. The molecule has 216 valence electrons. The van der Waals surface area contributed by atoms with Crippen LogP contribution < -0.4 is 21.1 Å². The summed E-state index contributed by atoms with van der Waals surface area (Å²) in [4.78, 5) is 37.7. The molecule has 2 unspecified atom stereocenters. The first-order valence-electron chi connectivity index (χ1n) is 13.9. The van der Waals surface area contributed by atoms with E-state index in [1.807, 2.05) is 49.3 Å². The zero-order valence-corrected chi connectivity index (χ0v) is 23.7. The van der Waals surface area contributed by atoms with E-state index in [0.717, 1.165) is 37.7 Å². The number of hydrogen-bond donors (Lipinski definition) is 3. The first-order valence-corrected chi connectivity index (χ1v) is 14.3. The predicted octanol–water partition coefficient (Wildman–Crippen LogP) is 3.98. The quantitative estimate of drug-likeness (QED) is 0.273. The second kappa shape index (κ2) is 12.1. The Labute approximate surface area is 239 Å². The molecule has 2 aliphatic carbocycles. The number of piperidine rings is 1. The summed E-state index contributed by atoms with van der Waals surface area (Å²) in [7, 11) is 4.07. The molecule has 3 N–H and O–H groups in total. The molecule has 2 amide bonds. The van der Waals surface area contributed by atoms with Crippen molar-refractivity contribution in [2.75, 3.05) is 44.1 Å². The molecule has 0 bridgehead atoms. The number of hydrazine groups is 1. The van der Waals surface area contributed by atoms with Gasteiger partial charge in [0.25, 0.3) is 0 Å². The molecule has 2 heterocycles. The minimum Gasteiger partial charge on any atom is -0.445 e. The number of benzene rings is 1. The molecule has 10 nitrogen and oxygen atoms in total. The average Bonchev–Trinajstić information content (AvgIpc) is 3.26. The van der Waals surface area contributed by atoms with Gasteiger partial charge < -0.3 is 19.9 Å². The second-order valence-corrected chi connectivity index (χ2v) is 11.7. The van der Waals surface area contributed by atoms with E-state index in [-0.39, 0.29) is 41.5 Å². The molecular formula is C28H37ClFN7O3. The number of rotatable bonds is 11. The van der Waals surface area contributed by atoms with Crippen molar-refractivity contribution in [1.29, 1.82) is 0 Å². The second-order valence-electron chi connectivity index (χ2n) is 11.4. The number of hydrogen-bond acceptors (Lipinski definition) is 8. The molecule has 3 fully saturated rings. The molecule has 1 aromatic carbocycles. The van der Waals surface area contributed by atoms with Crippen LogP contribution in [0.2, 0.25) is 5.28 Å². The summed E-state index contributed by atoms with van der Waals surface area (Å²) in [5.74, 6) is -0.816. The molecule has 1 aliphatic heterocycles. The fourth-order valence-electron chi connectivity index (χ4n) is 6.14. The summed E-state index contributed by atoms with van der Waals surface area (Å²) in [5.41, 5.74) is 6.11. The summed E-state index contributed by atoms with van der Waals surface area (Å²) in [6, 6.07) is 9.37. The van der Waals surface area contributed by atoms with Crippen LogP contribution in [-0.4, -0.2) is 66.1 Å². The lowest BCUT2D eigenvalue weighted by atomic mass is 9.92. The topological polar surface area (TPSA) is 112 Å². The normalized spacial score (nSPS) is 22.6. The number of likely N-dealkylation sites (N-methyl/N-ethyl adjacent to an activating group) is 1. The number of halogens is 2. The third-order valence-corrected chi connectivity index (χ3v) is 8.74. The maximum atomic E-state index is 15.5. The number of ether oxygens (including phenoxy) is 1. The maximum absolute atomic E-state index is 15.5. The summed E-state index contributed by atoms with van der Waals surface area (Å²) in [6.07, 6.45) is 5.42. The summed E-state index contributed by atoms with van der Waals surface area (Å²) >= 11 is 6.15. The van der Waals surface area contributed by atoms with Crippen LogP contribution in [0.25, 0.3) is 0 Å². The van der Waals surface area contributed by atoms with Crippen molar-refractivity contribution >= 4 is 35.2 Å². The van der Waals surface area contributed by atoms with Gasteiger partial charge in [0.15, 0.2) is 11.6 Å². The Bertz CT molecular complexity index is 1210. The van der Waals surface area contributed by atoms with Crippen LogP contribution in [0.3, 0.4) is 0 Å². The minimum atomic E-state index is -0.671. The number of nitrogens with zero attached hydrogens (tertiary/aromatic N) is 4. The highest BCUT2D eigenvalue weighted by Crippen LogP contribution is 2.53. The molecule has 5 rings (SSSR count). The highest BCUT2D eigenvalue weighted by molar-refractivity contribution is 6.28. The average molecular weight is 574 g/mol. The van der Waals surface area contributed by atoms with E-state index in [2.05, 4.69) is 31.0 Å². The number of amides is 2. The van der Waals surface area contributed by atoms with Gasteiger partial charge in [-0.05, 0) is 55.9 Å². The first kappa shape index (κ1) is 28.4. The largest absolute Gasteiger partial charge is 0.445 e. The standard InChI is InChI=1S/C28H37ClFN7O3/c1-36(2)28-13-21(28)15-37(17-28)24-22(30)23(32-26(29)33-24)34-35-25(38)20(12-18-8-6-7-9-18)14-31-27(39)40-16-19-10-4-3-5-11-19/h3-5,10-11,18,20-21H,6-9,12-17H2,1-2H3,(H,31,39)(H,35,38)(H,32,33,34)/t20-,21?,28?/m1/s1. The third kappa shape index (κ3) is 6.41. The van der Waals surface area contributed by atoms with Crippen LogP contribution in [0.4, 0.5) is 20.8 Å². The van der Waals surface area contributed by atoms with E-state index in [9.17, 15) is 9.59 Å². The van der Waals surface area contributed by atoms with Gasteiger partial charge in [-0.25, -0.2) is 4.79 Å². The Hall–Kier alpha value is -3.18. The molecule has 3 aliphatic rings. The highest BCUT2D eigenvalue weighted by atomic mass is 35.5. The molecule has 40 heavy (non-hydrogen) atoms. The molecule has 2 aromatic rings. The summed E-state index contributed by atoms with van der Waals surface area (Å²) < 4.78 is 20.8. The van der Waals surface area contributed by atoms with Gasteiger partial charge in [0, 0.05) is 25.2 Å². The molecule has 12 heteroatoms. The number of carbonyl (C=O) groups excluding carboxylic acids is 2. The van der Waals surface area contributed by atoms with Crippen LogP contribution in [0, 0.1) is 23.6 Å². The van der Waals surface area contributed by atoms with Gasteiger partial charge >= 0.3 is 6.09 Å². The van der Waals surface area contributed by atoms with Crippen LogP contribution >= 0.6 is 11.6 Å².